The van der Waals surface area contributed by atoms with E-state index in [-0.39, 0.29) is 33.9 Å². The van der Waals surface area contributed by atoms with Gasteiger partial charge in [0.2, 0.25) is 10.0 Å². The molecule has 0 aliphatic rings. The number of anilines is 1. The van der Waals surface area contributed by atoms with Gasteiger partial charge in [0.25, 0.3) is 5.91 Å². The average molecular weight is 477 g/mol. The second-order valence-electron chi connectivity index (χ2n) is 6.69. The highest BCUT2D eigenvalue weighted by atomic mass is 32.2. The van der Waals surface area contributed by atoms with Crippen LogP contribution in [0.4, 0.5) is 14.5 Å². The second-order valence-corrected chi connectivity index (χ2v) is 8.58. The third-order valence-electron chi connectivity index (χ3n) is 4.68. The number of alkyl halides is 2. The number of halogens is 2. The van der Waals surface area contributed by atoms with E-state index in [4.69, 9.17) is 0 Å². The fraction of sp³-hybridized carbons (Fsp3) is 0.158. The van der Waals surface area contributed by atoms with Crippen LogP contribution in [0.5, 0.6) is 5.75 Å². The van der Waals surface area contributed by atoms with E-state index < -0.39 is 22.5 Å². The van der Waals surface area contributed by atoms with Gasteiger partial charge >= 0.3 is 6.61 Å². The van der Waals surface area contributed by atoms with E-state index >= 15 is 0 Å². The van der Waals surface area contributed by atoms with E-state index in [9.17, 15) is 22.0 Å². The summed E-state index contributed by atoms with van der Waals surface area (Å²) in [5, 5.41) is 13.3. The van der Waals surface area contributed by atoms with Crippen LogP contribution in [-0.4, -0.2) is 52.8 Å². The number of nitrogens with zero attached hydrogens (tertiary/aromatic N) is 4. The van der Waals surface area contributed by atoms with Gasteiger partial charge in [0.1, 0.15) is 11.3 Å². The van der Waals surface area contributed by atoms with Crippen molar-refractivity contribution < 1.29 is 26.7 Å². The number of fused-ring (bicyclic) bond motifs is 1. The molecule has 0 spiro atoms. The van der Waals surface area contributed by atoms with Crippen molar-refractivity contribution in [2.75, 3.05) is 12.4 Å². The molecule has 14 heteroatoms. The summed E-state index contributed by atoms with van der Waals surface area (Å²) < 4.78 is 58.2. The number of rotatable bonds is 8. The molecular weight excluding hydrogens is 460 g/mol. The van der Waals surface area contributed by atoms with Gasteiger partial charge in [-0.05, 0) is 31.3 Å². The highest BCUT2D eigenvalue weighted by Gasteiger charge is 2.20. The maximum Gasteiger partial charge on any atom is 0.387 e. The van der Waals surface area contributed by atoms with Crippen molar-refractivity contribution in [2.24, 2.45) is 0 Å². The van der Waals surface area contributed by atoms with Gasteiger partial charge in [-0.2, -0.15) is 19.0 Å². The molecule has 0 saturated carbocycles. The molecule has 0 aliphatic carbocycles. The molecule has 1 amide bonds. The van der Waals surface area contributed by atoms with Crippen molar-refractivity contribution in [1.82, 2.24) is 29.5 Å². The number of hydrogen-bond acceptors (Lipinski definition) is 7. The van der Waals surface area contributed by atoms with Crippen molar-refractivity contribution in [1.29, 1.82) is 0 Å². The van der Waals surface area contributed by atoms with Crippen LogP contribution in [0.25, 0.3) is 5.65 Å². The van der Waals surface area contributed by atoms with Crippen LogP contribution in [0.2, 0.25) is 0 Å². The minimum absolute atomic E-state index is 0.0856. The molecule has 0 radical (unpaired) electrons. The summed E-state index contributed by atoms with van der Waals surface area (Å²) in [7, 11) is -2.60. The maximum absolute atomic E-state index is 12.9. The third kappa shape index (κ3) is 4.65. The monoisotopic (exact) mass is 477 g/mol. The summed E-state index contributed by atoms with van der Waals surface area (Å²) in [5.74, 6) is -0.722. The number of ether oxygens (including phenoxy) is 1. The molecule has 4 aromatic rings. The van der Waals surface area contributed by atoms with Crippen LogP contribution in [0.1, 0.15) is 21.6 Å². The predicted octanol–water partition coefficient (Wildman–Crippen LogP) is 1.80. The molecule has 0 fully saturated rings. The lowest BCUT2D eigenvalue weighted by molar-refractivity contribution is -0.0504. The highest BCUT2D eigenvalue weighted by Crippen LogP contribution is 2.28. The maximum atomic E-state index is 12.9. The second kappa shape index (κ2) is 8.91. The van der Waals surface area contributed by atoms with Gasteiger partial charge in [-0.3, -0.25) is 9.89 Å². The summed E-state index contributed by atoms with van der Waals surface area (Å²) in [6.07, 6.45) is 5.77. The Hall–Kier alpha value is -3.91. The SMILES string of the molecule is CNS(=O)(=O)c1ccc(OC(F)F)c(Cc2[nH]ncc2NC(=O)c2cnn3cccnc23)c1. The molecule has 3 N–H and O–H groups in total. The summed E-state index contributed by atoms with van der Waals surface area (Å²) in [6.45, 7) is -3.11. The van der Waals surface area contributed by atoms with Gasteiger partial charge in [0.05, 0.1) is 28.7 Å². The van der Waals surface area contributed by atoms with Crippen LogP contribution in [0.3, 0.4) is 0 Å². The summed E-state index contributed by atoms with van der Waals surface area (Å²) in [5.41, 5.74) is 1.30. The van der Waals surface area contributed by atoms with Crippen molar-refractivity contribution in [3.63, 3.8) is 0 Å². The quantitative estimate of drug-likeness (QED) is 0.351. The van der Waals surface area contributed by atoms with E-state index in [0.29, 0.717) is 11.3 Å². The van der Waals surface area contributed by atoms with Crippen LogP contribution in [-0.2, 0) is 16.4 Å². The lowest BCUT2D eigenvalue weighted by Crippen LogP contribution is -2.19. The number of carbonyl (C=O) groups is 1. The van der Waals surface area contributed by atoms with Gasteiger partial charge in [-0.1, -0.05) is 0 Å². The first-order chi connectivity index (χ1) is 15.8. The van der Waals surface area contributed by atoms with Crippen molar-refractivity contribution in [2.45, 2.75) is 17.9 Å². The Morgan fingerprint density at radius 2 is 2.12 bits per heavy atom. The van der Waals surface area contributed by atoms with E-state index in [0.717, 1.165) is 12.1 Å². The van der Waals surface area contributed by atoms with Crippen molar-refractivity contribution in [3.05, 3.63) is 65.9 Å². The highest BCUT2D eigenvalue weighted by molar-refractivity contribution is 7.89. The Balaban J connectivity index is 1.64. The molecule has 0 unspecified atom stereocenters. The van der Waals surface area contributed by atoms with Gasteiger partial charge < -0.3 is 10.1 Å². The van der Waals surface area contributed by atoms with Gasteiger partial charge in [-0.15, -0.1) is 0 Å². The minimum atomic E-state index is -3.83. The zero-order valence-electron chi connectivity index (χ0n) is 17.0. The van der Waals surface area contributed by atoms with Crippen molar-refractivity contribution in [3.8, 4) is 5.75 Å². The number of aromatic nitrogens is 5. The fourth-order valence-corrected chi connectivity index (χ4v) is 3.89. The molecule has 3 aromatic heterocycles. The summed E-state index contributed by atoms with van der Waals surface area (Å²) in [6, 6.07) is 5.17. The molecule has 11 nitrogen and oxygen atoms in total. The van der Waals surface area contributed by atoms with Crippen LogP contribution in [0, 0.1) is 0 Å². The Morgan fingerprint density at radius 1 is 1.30 bits per heavy atom. The average Bonchev–Trinajstić information content (AvgIpc) is 3.41. The number of amides is 1. The fourth-order valence-electron chi connectivity index (χ4n) is 3.11. The van der Waals surface area contributed by atoms with Gasteiger partial charge in [0, 0.05) is 24.4 Å². The number of sulfonamides is 1. The van der Waals surface area contributed by atoms with Gasteiger partial charge in [-0.25, -0.2) is 22.6 Å². The first-order valence-electron chi connectivity index (χ1n) is 9.41. The Labute approximate surface area is 185 Å². The minimum Gasteiger partial charge on any atom is -0.435 e. The number of nitrogens with one attached hydrogen (secondary N) is 3. The number of H-pyrrole nitrogens is 1. The zero-order chi connectivity index (χ0) is 23.6. The van der Waals surface area contributed by atoms with E-state index in [1.54, 1.807) is 12.3 Å². The van der Waals surface area contributed by atoms with Crippen LogP contribution >= 0.6 is 0 Å². The number of hydrogen-bond donors (Lipinski definition) is 3. The topological polar surface area (TPSA) is 143 Å². The predicted molar refractivity (Wildman–Crippen MR) is 112 cm³/mol. The number of benzene rings is 1. The lowest BCUT2D eigenvalue weighted by atomic mass is 10.1. The molecular formula is C19H17F2N7O4S. The first kappa shape index (κ1) is 22.3. The van der Waals surface area contributed by atoms with E-state index in [2.05, 4.69) is 35.1 Å². The Kier molecular flexibility index (Phi) is 6.02. The molecule has 33 heavy (non-hydrogen) atoms. The van der Waals surface area contributed by atoms with E-state index in [1.165, 1.54) is 36.2 Å². The Morgan fingerprint density at radius 3 is 2.88 bits per heavy atom. The standard InChI is InChI=1S/C19H17F2N7O4S/c1-22-33(30,31)12-3-4-16(32-19(20)21)11(7-12)8-14-15(10-24-27-14)26-18(29)13-9-25-28-6-2-5-23-17(13)28/h2-7,9-10,19,22H,8H2,1H3,(H,24,27)(H,26,29). The summed E-state index contributed by atoms with van der Waals surface area (Å²) in [4.78, 5) is 16.8. The normalized spacial score (nSPS) is 11.8. The van der Waals surface area contributed by atoms with Gasteiger partial charge in [0.15, 0.2) is 5.65 Å². The molecule has 1 aromatic carbocycles. The van der Waals surface area contributed by atoms with Crippen LogP contribution in [0.15, 0.2) is 53.9 Å². The number of aromatic amines is 1. The molecule has 3 heterocycles. The molecule has 0 bridgehead atoms. The zero-order valence-corrected chi connectivity index (χ0v) is 17.8. The van der Waals surface area contributed by atoms with E-state index in [1.807, 2.05) is 0 Å². The smallest absolute Gasteiger partial charge is 0.387 e. The molecule has 172 valence electrons. The number of carbonyl (C=O) groups excluding carboxylic acids is 1. The Bertz CT molecular complexity index is 1420. The largest absolute Gasteiger partial charge is 0.435 e. The van der Waals surface area contributed by atoms with Crippen LogP contribution < -0.4 is 14.8 Å². The van der Waals surface area contributed by atoms with Crippen molar-refractivity contribution >= 4 is 27.3 Å². The molecule has 0 atom stereocenters. The first-order valence-corrected chi connectivity index (χ1v) is 10.9. The molecule has 4 rings (SSSR count). The lowest BCUT2D eigenvalue weighted by Gasteiger charge is -2.13. The third-order valence-corrected chi connectivity index (χ3v) is 6.10. The molecule has 0 saturated heterocycles. The molecule has 0 aliphatic heterocycles. The summed E-state index contributed by atoms with van der Waals surface area (Å²) >= 11 is 0.